The highest BCUT2D eigenvalue weighted by molar-refractivity contribution is 6.74. The molecule has 0 saturated heterocycles. The summed E-state index contributed by atoms with van der Waals surface area (Å²) >= 11 is 0. The van der Waals surface area contributed by atoms with E-state index in [0.717, 1.165) is 49.4 Å². The van der Waals surface area contributed by atoms with Crippen LogP contribution in [0.25, 0.3) is 0 Å². The molecule has 0 radical (unpaired) electrons. The Kier molecular flexibility index (Phi) is 12.2. The third-order valence-electron chi connectivity index (χ3n) is 20.7. The van der Waals surface area contributed by atoms with E-state index < -0.39 is 22.2 Å². The Hall–Kier alpha value is -1.35. The summed E-state index contributed by atoms with van der Waals surface area (Å²) in [4.78, 5) is 0. The first-order chi connectivity index (χ1) is 27.7. The molecule has 5 saturated carbocycles. The van der Waals surface area contributed by atoms with Crippen LogP contribution in [0.15, 0.2) is 34.9 Å². The van der Waals surface area contributed by atoms with Gasteiger partial charge in [-0.2, -0.15) is 0 Å². The Morgan fingerprint density at radius 1 is 0.683 bits per heavy atom. The molecule has 0 aromatic carbocycles. The minimum atomic E-state index is -1.73. The van der Waals surface area contributed by atoms with Crippen LogP contribution < -0.4 is 0 Å². The smallest absolute Gasteiger partial charge is 0.192 e. The Bertz CT molecular complexity index is 1830. The molecule has 334 valence electrons. The van der Waals surface area contributed by atoms with Crippen LogP contribution in [0.1, 0.15) is 160 Å². The third kappa shape index (κ3) is 7.63. The van der Waals surface area contributed by atoms with E-state index in [1.54, 1.807) is 11.1 Å². The molecule has 8 rings (SSSR count). The van der Waals surface area contributed by atoms with Gasteiger partial charge in [-0.25, -0.2) is 0 Å². The molecule has 5 heteroatoms. The number of allylic oxidation sites excluding steroid dienone is 4. The van der Waals surface area contributed by atoms with Crippen molar-refractivity contribution in [1.29, 1.82) is 0 Å². The van der Waals surface area contributed by atoms with Gasteiger partial charge in [0.1, 0.15) is 5.60 Å². The van der Waals surface area contributed by atoms with Crippen LogP contribution in [-0.2, 0) is 8.85 Å². The first-order valence-corrected chi connectivity index (χ1v) is 30.6. The summed E-state index contributed by atoms with van der Waals surface area (Å²) in [6, 6.07) is 0. The number of rotatable bonds is 4. The van der Waals surface area contributed by atoms with Gasteiger partial charge in [0, 0.05) is 29.1 Å². The van der Waals surface area contributed by atoms with Crippen LogP contribution in [-0.4, -0.2) is 39.6 Å². The van der Waals surface area contributed by atoms with Crippen LogP contribution in [0.3, 0.4) is 0 Å². The van der Waals surface area contributed by atoms with Gasteiger partial charge in [0.05, 0.1) is 0 Å². The molecule has 60 heavy (non-hydrogen) atoms. The topological polar surface area (TPSA) is 38.7 Å². The molecule has 5 fully saturated rings. The van der Waals surface area contributed by atoms with Crippen LogP contribution in [0.4, 0.5) is 0 Å². The van der Waals surface area contributed by atoms with Gasteiger partial charge >= 0.3 is 0 Å². The van der Waals surface area contributed by atoms with Crippen LogP contribution >= 0.6 is 0 Å². The highest BCUT2D eigenvalue weighted by atomic mass is 28.4. The summed E-state index contributed by atoms with van der Waals surface area (Å²) < 4.78 is 13.7. The van der Waals surface area contributed by atoms with Gasteiger partial charge in [-0.1, -0.05) is 117 Å². The van der Waals surface area contributed by atoms with E-state index in [1.807, 2.05) is 0 Å². The zero-order chi connectivity index (χ0) is 44.2. The van der Waals surface area contributed by atoms with Gasteiger partial charge in [-0.05, 0) is 178 Å². The molecule has 15 atom stereocenters. The van der Waals surface area contributed by atoms with Crippen molar-refractivity contribution in [3.05, 3.63) is 34.9 Å². The first kappa shape index (κ1) is 46.6. The average molecular weight is 853 g/mol. The zero-order valence-corrected chi connectivity index (χ0v) is 43.2. The second-order valence-corrected chi connectivity index (χ2v) is 35.4. The van der Waals surface area contributed by atoms with Crippen molar-refractivity contribution in [3.8, 4) is 24.7 Å². The Balaban J connectivity index is 0.000000181. The normalized spacial score (nSPS) is 45.0. The molecule has 1 N–H and O–H groups in total. The van der Waals surface area contributed by atoms with Gasteiger partial charge in [0.2, 0.25) is 0 Å². The summed E-state index contributed by atoms with van der Waals surface area (Å²) in [7, 11) is -3.44. The lowest BCUT2D eigenvalue weighted by atomic mass is 9.46. The Morgan fingerprint density at radius 3 is 1.63 bits per heavy atom. The lowest BCUT2D eigenvalue weighted by Gasteiger charge is -2.58. The number of hydrogen-bond acceptors (Lipinski definition) is 3. The maximum Gasteiger partial charge on any atom is 0.192 e. The van der Waals surface area contributed by atoms with Crippen molar-refractivity contribution >= 4 is 16.6 Å². The highest BCUT2D eigenvalue weighted by Crippen LogP contribution is 2.67. The molecule has 0 aromatic heterocycles. The van der Waals surface area contributed by atoms with Crippen molar-refractivity contribution < 1.29 is 14.0 Å². The number of terminal acetylenes is 2. The Labute approximate surface area is 371 Å². The molecule has 0 bridgehead atoms. The van der Waals surface area contributed by atoms with Crippen LogP contribution in [0.2, 0.25) is 36.3 Å². The predicted molar refractivity (Wildman–Crippen MR) is 258 cm³/mol. The standard InChI is InChI=1S/C28H44OSi.C27H44O2Si/c1-10-20-17-19(2)25-23-12-11-21-18-22(29-30(8,9)26(3,4)5)13-15-27(21,6)24(23)14-16-28(20,25)7;1-9-27(28)17-18(2)24-21-11-10-19-16-20(29-30(7,8)25(3,4)5)14-15-26(19,6)22(21)12-13-23(24)27/h1,11,17,19,22-25H,12-16,18H2,2-9H3;1,10,18,20-24,28H,11-17H2,2-8H3/t19?,22-,23?,24?,25?,27-,28+;18?,20-,21?,22?,23-,24?,26-,27?/m00/s1. The summed E-state index contributed by atoms with van der Waals surface area (Å²) in [5, 5.41) is 11.7. The second-order valence-electron chi connectivity index (χ2n) is 25.9. The summed E-state index contributed by atoms with van der Waals surface area (Å²) in [6.45, 7) is 36.1. The van der Waals surface area contributed by atoms with Gasteiger partial charge in [-0.15, -0.1) is 12.8 Å². The van der Waals surface area contributed by atoms with Crippen molar-refractivity contribution in [2.45, 2.75) is 214 Å². The maximum absolute atomic E-state index is 11.1. The van der Waals surface area contributed by atoms with E-state index >= 15 is 0 Å². The molecule has 0 amide bonds. The van der Waals surface area contributed by atoms with Crippen molar-refractivity contribution in [2.75, 3.05) is 0 Å². The maximum atomic E-state index is 11.1. The average Bonchev–Trinajstić information content (AvgIpc) is 3.58. The fourth-order valence-corrected chi connectivity index (χ4v) is 18.1. The van der Waals surface area contributed by atoms with Gasteiger partial charge < -0.3 is 14.0 Å². The highest BCUT2D eigenvalue weighted by Gasteiger charge is 2.61. The molecular weight excluding hydrogens is 765 g/mol. The predicted octanol–water partition coefficient (Wildman–Crippen LogP) is 14.3. The Morgan fingerprint density at radius 2 is 1.15 bits per heavy atom. The third-order valence-corrected chi connectivity index (χ3v) is 29.7. The van der Waals surface area contributed by atoms with Crippen LogP contribution in [0, 0.1) is 94.2 Å². The molecule has 8 aliphatic carbocycles. The molecule has 0 aromatic rings. The van der Waals surface area contributed by atoms with Gasteiger partial charge in [0.15, 0.2) is 16.6 Å². The van der Waals surface area contributed by atoms with Crippen molar-refractivity contribution in [1.82, 2.24) is 0 Å². The lowest BCUT2D eigenvalue weighted by molar-refractivity contribution is -0.0449. The van der Waals surface area contributed by atoms with Crippen molar-refractivity contribution in [3.63, 3.8) is 0 Å². The SMILES string of the molecule is C#CC1(O)CC(C)C2C3CC=C4C[C@@H](O[Si](C)(C)C(C)(C)C)CC[C@]4(C)C3CC[C@@H]21.C#CC1=CC(C)C2C3CC=C4C[C@@H](O[Si](C)(C)C(C)(C)C)CC[C@]4(C)C3CC[C@]12C. The minimum Gasteiger partial charge on any atom is -0.414 e. The van der Waals surface area contributed by atoms with E-state index in [0.29, 0.717) is 52.6 Å². The molecule has 3 nitrogen and oxygen atoms in total. The number of fused-ring (bicyclic) bond motifs is 10. The summed E-state index contributed by atoms with van der Waals surface area (Å²) in [5.74, 6) is 11.7. The van der Waals surface area contributed by atoms with E-state index in [2.05, 4.69) is 132 Å². The second kappa shape index (κ2) is 15.7. The monoisotopic (exact) mass is 853 g/mol. The first-order valence-electron chi connectivity index (χ1n) is 24.8. The molecule has 0 heterocycles. The number of aliphatic hydroxyl groups is 1. The fourth-order valence-electron chi connectivity index (χ4n) is 15.3. The van der Waals surface area contributed by atoms with E-state index in [-0.39, 0.29) is 15.5 Å². The largest absolute Gasteiger partial charge is 0.414 e. The van der Waals surface area contributed by atoms with E-state index in [4.69, 9.17) is 21.7 Å². The molecule has 0 aliphatic heterocycles. The lowest BCUT2D eigenvalue weighted by Crippen LogP contribution is -2.52. The van der Waals surface area contributed by atoms with Crippen LogP contribution in [0.5, 0.6) is 0 Å². The molecular formula is C55H88O3Si2. The number of hydrogen-bond donors (Lipinski definition) is 1. The molecule has 0 spiro atoms. The van der Waals surface area contributed by atoms with Gasteiger partial charge in [0.25, 0.3) is 0 Å². The summed E-state index contributed by atoms with van der Waals surface area (Å²) in [5.41, 5.74) is 4.75. The van der Waals surface area contributed by atoms with E-state index in [1.165, 1.54) is 63.4 Å². The molecule has 8 aliphatic rings. The van der Waals surface area contributed by atoms with Crippen molar-refractivity contribution in [2.24, 2.45) is 69.5 Å². The molecule has 9 unspecified atom stereocenters. The fraction of sp³-hybridized carbons (Fsp3) is 0.818. The van der Waals surface area contributed by atoms with Gasteiger partial charge in [-0.3, -0.25) is 0 Å². The van der Waals surface area contributed by atoms with E-state index in [9.17, 15) is 5.11 Å². The quantitative estimate of drug-likeness (QED) is 0.174. The zero-order valence-electron chi connectivity index (χ0n) is 41.2. The summed E-state index contributed by atoms with van der Waals surface area (Å²) in [6.07, 6.45) is 35.7. The minimum absolute atomic E-state index is 0.236.